The topological polar surface area (TPSA) is 65.1 Å². The van der Waals surface area contributed by atoms with Crippen molar-refractivity contribution in [2.45, 2.75) is 26.3 Å². The normalized spacial score (nSPS) is 19.5. The number of nitrogens with two attached hydrogens (primary N) is 1. The van der Waals surface area contributed by atoms with Crippen molar-refractivity contribution in [2.75, 3.05) is 31.1 Å². The van der Waals surface area contributed by atoms with Gasteiger partial charge in [0, 0.05) is 34.9 Å². The fourth-order valence-electron chi connectivity index (χ4n) is 3.04. The number of benzene rings is 1. The lowest BCUT2D eigenvalue weighted by molar-refractivity contribution is 0.232. The van der Waals surface area contributed by atoms with Crippen LogP contribution in [0.4, 0.5) is 5.69 Å². The number of nitrogens with zero attached hydrogens (tertiary/aromatic N) is 3. The maximum absolute atomic E-state index is 8.98. The molecule has 1 fully saturated rings. The van der Waals surface area contributed by atoms with Crippen molar-refractivity contribution in [3.05, 3.63) is 28.2 Å². The van der Waals surface area contributed by atoms with Crippen LogP contribution in [-0.2, 0) is 0 Å². The average Bonchev–Trinajstić information content (AvgIpc) is 2.97. The molecule has 1 aliphatic heterocycles. The van der Waals surface area contributed by atoms with Gasteiger partial charge in [-0.1, -0.05) is 34.9 Å². The van der Waals surface area contributed by atoms with Crippen LogP contribution in [0.1, 0.15) is 25.8 Å². The van der Waals surface area contributed by atoms with E-state index in [-0.39, 0.29) is 5.84 Å². The molecular formula is C15H23BrN4O. The van der Waals surface area contributed by atoms with Gasteiger partial charge in [0.15, 0.2) is 5.84 Å². The van der Waals surface area contributed by atoms with Gasteiger partial charge in [-0.25, -0.2) is 0 Å². The molecule has 116 valence electrons. The molecule has 0 bridgehead atoms. The van der Waals surface area contributed by atoms with Gasteiger partial charge < -0.3 is 15.8 Å². The average molecular weight is 355 g/mol. The van der Waals surface area contributed by atoms with Crippen molar-refractivity contribution in [2.24, 2.45) is 10.9 Å². The van der Waals surface area contributed by atoms with Gasteiger partial charge in [-0.15, -0.1) is 0 Å². The summed E-state index contributed by atoms with van der Waals surface area (Å²) in [5, 5.41) is 12.1. The zero-order valence-corrected chi connectivity index (χ0v) is 14.2. The Hall–Kier alpha value is -1.27. The minimum atomic E-state index is 0.151. The number of likely N-dealkylation sites (N-methyl/N-ethyl adjacent to an activating group) is 1. The van der Waals surface area contributed by atoms with Crippen molar-refractivity contribution >= 4 is 27.5 Å². The van der Waals surface area contributed by atoms with Gasteiger partial charge >= 0.3 is 0 Å². The molecule has 1 saturated heterocycles. The van der Waals surface area contributed by atoms with Gasteiger partial charge in [0.25, 0.3) is 0 Å². The molecule has 0 amide bonds. The Kier molecular flexibility index (Phi) is 5.47. The maximum atomic E-state index is 8.98. The summed E-state index contributed by atoms with van der Waals surface area (Å²) in [5.41, 5.74) is 7.62. The summed E-state index contributed by atoms with van der Waals surface area (Å²) in [5.74, 6) is 0.151. The van der Waals surface area contributed by atoms with Gasteiger partial charge in [0.2, 0.25) is 0 Å². The summed E-state index contributed by atoms with van der Waals surface area (Å²) in [6.45, 7) is 8.52. The van der Waals surface area contributed by atoms with Crippen molar-refractivity contribution in [3.8, 4) is 0 Å². The maximum Gasteiger partial charge on any atom is 0.172 e. The second-order valence-corrected chi connectivity index (χ2v) is 6.17. The van der Waals surface area contributed by atoms with E-state index >= 15 is 0 Å². The molecule has 0 spiro atoms. The van der Waals surface area contributed by atoms with Crippen LogP contribution in [0.3, 0.4) is 0 Å². The van der Waals surface area contributed by atoms with Gasteiger partial charge in [0.05, 0.1) is 0 Å². The quantitative estimate of drug-likeness (QED) is 0.369. The van der Waals surface area contributed by atoms with Crippen LogP contribution < -0.4 is 10.6 Å². The summed E-state index contributed by atoms with van der Waals surface area (Å²) in [4.78, 5) is 4.81. The molecule has 0 radical (unpaired) electrons. The molecule has 21 heavy (non-hydrogen) atoms. The van der Waals surface area contributed by atoms with Crippen LogP contribution in [0.5, 0.6) is 0 Å². The molecular weight excluding hydrogens is 332 g/mol. The second-order valence-electron chi connectivity index (χ2n) is 5.26. The standard InChI is InChI=1S/C15H23BrN4O/c1-3-19(4-2)12-7-8-20(10-12)14-6-5-11(16)9-13(14)15(17)18-21/h5-6,9,12,21H,3-4,7-8,10H2,1-2H3,(H2,17,18). The van der Waals surface area contributed by atoms with Crippen LogP contribution >= 0.6 is 15.9 Å². The second kappa shape index (κ2) is 7.13. The van der Waals surface area contributed by atoms with Crippen LogP contribution in [0.15, 0.2) is 27.8 Å². The van der Waals surface area contributed by atoms with E-state index in [1.807, 2.05) is 18.2 Å². The predicted octanol–water partition coefficient (Wildman–Crippen LogP) is 2.46. The zero-order chi connectivity index (χ0) is 15.4. The van der Waals surface area contributed by atoms with Crippen LogP contribution in [0, 0.1) is 0 Å². The highest BCUT2D eigenvalue weighted by Gasteiger charge is 2.28. The Labute approximate surface area is 134 Å². The van der Waals surface area contributed by atoms with E-state index < -0.39 is 0 Å². The Balaban J connectivity index is 2.24. The van der Waals surface area contributed by atoms with Crippen molar-refractivity contribution in [1.29, 1.82) is 0 Å². The molecule has 0 saturated carbocycles. The molecule has 1 aromatic rings. The smallest absolute Gasteiger partial charge is 0.172 e. The van der Waals surface area contributed by atoms with Gasteiger partial charge in [-0.05, 0) is 37.7 Å². The number of amidine groups is 1. The first kappa shape index (κ1) is 16.1. The van der Waals surface area contributed by atoms with Crippen LogP contribution in [-0.4, -0.2) is 48.2 Å². The van der Waals surface area contributed by atoms with E-state index in [0.29, 0.717) is 6.04 Å². The molecule has 2 rings (SSSR count). The number of hydrogen-bond acceptors (Lipinski definition) is 4. The van der Waals surface area contributed by atoms with E-state index in [9.17, 15) is 0 Å². The highest BCUT2D eigenvalue weighted by Crippen LogP contribution is 2.28. The molecule has 1 heterocycles. The Morgan fingerprint density at radius 1 is 1.48 bits per heavy atom. The van der Waals surface area contributed by atoms with E-state index in [1.54, 1.807) is 0 Å². The van der Waals surface area contributed by atoms with Crippen molar-refractivity contribution in [1.82, 2.24) is 4.90 Å². The molecule has 1 atom stereocenters. The molecule has 6 heteroatoms. The first-order chi connectivity index (χ1) is 10.1. The molecule has 1 aliphatic rings. The van der Waals surface area contributed by atoms with E-state index in [4.69, 9.17) is 10.9 Å². The van der Waals surface area contributed by atoms with E-state index in [2.05, 4.69) is 44.7 Å². The number of hydrogen-bond donors (Lipinski definition) is 2. The van der Waals surface area contributed by atoms with Gasteiger partial charge in [-0.3, -0.25) is 4.90 Å². The molecule has 0 aromatic heterocycles. The molecule has 3 N–H and O–H groups in total. The fourth-order valence-corrected chi connectivity index (χ4v) is 3.40. The van der Waals surface area contributed by atoms with Crippen LogP contribution in [0.2, 0.25) is 0 Å². The lowest BCUT2D eigenvalue weighted by Gasteiger charge is -2.27. The Morgan fingerprint density at radius 3 is 2.81 bits per heavy atom. The number of halogens is 1. The third kappa shape index (κ3) is 3.49. The van der Waals surface area contributed by atoms with Gasteiger partial charge in [0.1, 0.15) is 0 Å². The van der Waals surface area contributed by atoms with Crippen molar-refractivity contribution < 1.29 is 5.21 Å². The lowest BCUT2D eigenvalue weighted by Crippen LogP contribution is -2.37. The minimum absolute atomic E-state index is 0.151. The monoisotopic (exact) mass is 354 g/mol. The zero-order valence-electron chi connectivity index (χ0n) is 12.6. The highest BCUT2D eigenvalue weighted by atomic mass is 79.9. The summed E-state index contributed by atoms with van der Waals surface area (Å²) >= 11 is 3.44. The van der Waals surface area contributed by atoms with Crippen LogP contribution in [0.25, 0.3) is 0 Å². The number of anilines is 1. The fraction of sp³-hybridized carbons (Fsp3) is 0.533. The third-order valence-electron chi connectivity index (χ3n) is 4.18. The minimum Gasteiger partial charge on any atom is -0.409 e. The van der Waals surface area contributed by atoms with E-state index in [1.165, 1.54) is 0 Å². The Morgan fingerprint density at radius 2 is 2.19 bits per heavy atom. The predicted molar refractivity (Wildman–Crippen MR) is 90.2 cm³/mol. The Bertz CT molecular complexity index is 516. The number of oxime groups is 1. The number of rotatable bonds is 5. The highest BCUT2D eigenvalue weighted by molar-refractivity contribution is 9.10. The third-order valence-corrected chi connectivity index (χ3v) is 4.67. The van der Waals surface area contributed by atoms with E-state index in [0.717, 1.165) is 48.3 Å². The SMILES string of the molecule is CCN(CC)C1CCN(c2ccc(Br)cc2/C(N)=N/O)C1. The lowest BCUT2D eigenvalue weighted by atomic mass is 10.1. The summed E-state index contributed by atoms with van der Waals surface area (Å²) in [6, 6.07) is 6.49. The van der Waals surface area contributed by atoms with Gasteiger partial charge in [-0.2, -0.15) is 0 Å². The molecule has 1 aromatic carbocycles. The first-order valence-corrected chi connectivity index (χ1v) is 8.16. The van der Waals surface area contributed by atoms with Crippen molar-refractivity contribution in [3.63, 3.8) is 0 Å². The molecule has 0 aliphatic carbocycles. The molecule has 1 unspecified atom stereocenters. The largest absolute Gasteiger partial charge is 0.409 e. The summed E-state index contributed by atoms with van der Waals surface area (Å²) in [7, 11) is 0. The first-order valence-electron chi connectivity index (χ1n) is 7.37. The summed E-state index contributed by atoms with van der Waals surface area (Å²) < 4.78 is 0.923. The summed E-state index contributed by atoms with van der Waals surface area (Å²) in [6.07, 6.45) is 1.15. The molecule has 5 nitrogen and oxygen atoms in total.